The third-order valence-electron chi connectivity index (χ3n) is 5.76. The summed E-state index contributed by atoms with van der Waals surface area (Å²) in [5, 5.41) is 3.70. The lowest BCUT2D eigenvalue weighted by atomic mass is 9.77. The van der Waals surface area contributed by atoms with Gasteiger partial charge in [0.15, 0.2) is 0 Å². The van der Waals surface area contributed by atoms with Gasteiger partial charge in [0.2, 0.25) is 0 Å². The van der Waals surface area contributed by atoms with Gasteiger partial charge in [-0.2, -0.15) is 13.2 Å². The summed E-state index contributed by atoms with van der Waals surface area (Å²) in [6, 6.07) is 11.0. The maximum absolute atomic E-state index is 12.7. The molecule has 1 aliphatic carbocycles. The van der Waals surface area contributed by atoms with Gasteiger partial charge in [-0.25, -0.2) is 0 Å². The molecule has 7 heteroatoms. The van der Waals surface area contributed by atoms with Crippen molar-refractivity contribution in [1.82, 2.24) is 4.98 Å². The number of anilines is 1. The number of nitrogens with one attached hydrogen (secondary N) is 2. The van der Waals surface area contributed by atoms with Crippen molar-refractivity contribution in [2.75, 3.05) is 5.32 Å². The first-order chi connectivity index (χ1) is 14.7. The first kappa shape index (κ1) is 21.0. The molecule has 1 amide bonds. The summed E-state index contributed by atoms with van der Waals surface area (Å²) in [5.41, 5.74) is 2.31. The lowest BCUT2D eigenvalue weighted by molar-refractivity contribution is -0.137. The van der Waals surface area contributed by atoms with Crippen LogP contribution in [0.2, 0.25) is 0 Å². The number of aromatic amines is 1. The van der Waals surface area contributed by atoms with Crippen molar-refractivity contribution in [1.29, 1.82) is 0 Å². The molecule has 1 saturated carbocycles. The first-order valence-electron chi connectivity index (χ1n) is 10.2. The second-order valence-electron chi connectivity index (χ2n) is 7.85. The van der Waals surface area contributed by atoms with E-state index in [0.29, 0.717) is 23.4 Å². The van der Waals surface area contributed by atoms with Crippen molar-refractivity contribution in [2.24, 2.45) is 0 Å². The summed E-state index contributed by atoms with van der Waals surface area (Å²) in [6.07, 6.45) is -0.513. The molecule has 2 N–H and O–H groups in total. The van der Waals surface area contributed by atoms with Crippen molar-refractivity contribution in [3.63, 3.8) is 0 Å². The van der Waals surface area contributed by atoms with Gasteiger partial charge >= 0.3 is 6.18 Å². The molecular formula is C24H23F3N2O2. The van der Waals surface area contributed by atoms with E-state index in [2.05, 4.69) is 16.9 Å². The Bertz CT molecular complexity index is 1110. The molecule has 0 bridgehead atoms. The van der Waals surface area contributed by atoms with Crippen molar-refractivity contribution in [2.45, 2.75) is 44.4 Å². The van der Waals surface area contributed by atoms with Gasteiger partial charge in [-0.15, -0.1) is 0 Å². The molecule has 0 spiro atoms. The summed E-state index contributed by atoms with van der Waals surface area (Å²) in [5.74, 6) is 0.666. The van der Waals surface area contributed by atoms with Gasteiger partial charge in [0.25, 0.3) is 5.91 Å². The van der Waals surface area contributed by atoms with Crippen LogP contribution >= 0.6 is 0 Å². The van der Waals surface area contributed by atoms with Crippen LogP contribution < -0.4 is 10.1 Å². The number of ether oxygens (including phenoxy) is 1. The molecule has 162 valence electrons. The van der Waals surface area contributed by atoms with Crippen LogP contribution in [0.4, 0.5) is 18.9 Å². The van der Waals surface area contributed by atoms with E-state index in [1.165, 1.54) is 0 Å². The predicted octanol–water partition coefficient (Wildman–Crippen LogP) is 6.42. The molecule has 3 aromatic rings. The van der Waals surface area contributed by atoms with Gasteiger partial charge < -0.3 is 15.0 Å². The van der Waals surface area contributed by atoms with Crippen molar-refractivity contribution < 1.29 is 22.7 Å². The van der Waals surface area contributed by atoms with Gasteiger partial charge in [-0.3, -0.25) is 4.79 Å². The van der Waals surface area contributed by atoms with Gasteiger partial charge in [-0.1, -0.05) is 25.6 Å². The van der Waals surface area contributed by atoms with Gasteiger partial charge in [0.05, 0.1) is 17.4 Å². The topological polar surface area (TPSA) is 54.1 Å². The number of aromatic nitrogens is 1. The van der Waals surface area contributed by atoms with Crippen molar-refractivity contribution >= 4 is 22.5 Å². The summed E-state index contributed by atoms with van der Waals surface area (Å²) < 4.78 is 44.2. The SMILES string of the molecule is C=C(CC)C(=O)Nc1c[nH]c2ccc(OC3CC(c4ccc(C(F)(F)F)cc4)C3)cc12. The minimum absolute atomic E-state index is 0.00148. The zero-order valence-corrected chi connectivity index (χ0v) is 17.1. The average Bonchev–Trinajstić information content (AvgIpc) is 3.11. The van der Waals surface area contributed by atoms with Crippen LogP contribution in [0.15, 0.2) is 60.8 Å². The Balaban J connectivity index is 1.39. The Kier molecular flexibility index (Phi) is 5.52. The molecule has 0 aliphatic heterocycles. The fraction of sp³-hybridized carbons (Fsp3) is 0.292. The van der Waals surface area contributed by atoms with Gasteiger partial charge in [0.1, 0.15) is 5.75 Å². The first-order valence-corrected chi connectivity index (χ1v) is 10.2. The Morgan fingerprint density at radius 1 is 1.19 bits per heavy atom. The minimum Gasteiger partial charge on any atom is -0.490 e. The molecule has 0 atom stereocenters. The smallest absolute Gasteiger partial charge is 0.416 e. The number of amides is 1. The molecule has 1 aromatic heterocycles. The summed E-state index contributed by atoms with van der Waals surface area (Å²) in [7, 11) is 0. The van der Waals surface area contributed by atoms with Crippen LogP contribution in [-0.2, 0) is 11.0 Å². The molecular weight excluding hydrogens is 405 g/mol. The number of fused-ring (bicyclic) bond motifs is 1. The normalized spacial score (nSPS) is 18.5. The molecule has 4 rings (SSSR count). The molecule has 31 heavy (non-hydrogen) atoms. The Labute approximate surface area is 178 Å². The summed E-state index contributed by atoms with van der Waals surface area (Å²) in [6.45, 7) is 5.63. The Hall–Kier alpha value is -3.22. The molecule has 1 aliphatic rings. The summed E-state index contributed by atoms with van der Waals surface area (Å²) in [4.78, 5) is 15.3. The van der Waals surface area contributed by atoms with E-state index in [1.54, 1.807) is 18.3 Å². The number of carbonyl (C=O) groups is 1. The number of alkyl halides is 3. The number of carbonyl (C=O) groups excluding carboxylic acids is 1. The third kappa shape index (κ3) is 4.45. The van der Waals surface area contributed by atoms with Crippen molar-refractivity contribution in [3.05, 3.63) is 71.9 Å². The lowest BCUT2D eigenvalue weighted by Gasteiger charge is -2.35. The standard InChI is InChI=1S/C24H23F3N2O2/c1-3-14(2)23(30)29-22-13-28-21-9-8-18(12-20(21)22)31-19-10-16(11-19)15-4-6-17(7-5-15)24(25,26)27/h4-9,12-13,16,19,28H,2-3,10-11H2,1H3,(H,29,30). The summed E-state index contributed by atoms with van der Waals surface area (Å²) >= 11 is 0. The molecule has 2 aromatic carbocycles. The third-order valence-corrected chi connectivity index (χ3v) is 5.76. The molecule has 1 fully saturated rings. The molecule has 0 radical (unpaired) electrons. The zero-order valence-electron chi connectivity index (χ0n) is 17.1. The lowest BCUT2D eigenvalue weighted by Crippen LogP contribution is -2.32. The molecule has 0 unspecified atom stereocenters. The number of halogens is 3. The number of rotatable bonds is 6. The average molecular weight is 428 g/mol. The number of hydrogen-bond donors (Lipinski definition) is 2. The van der Waals surface area contributed by atoms with E-state index in [4.69, 9.17) is 4.74 Å². The highest BCUT2D eigenvalue weighted by atomic mass is 19.4. The predicted molar refractivity (Wildman–Crippen MR) is 114 cm³/mol. The zero-order chi connectivity index (χ0) is 22.2. The van der Waals surface area contributed by atoms with Crippen LogP contribution in [-0.4, -0.2) is 17.0 Å². The fourth-order valence-electron chi connectivity index (χ4n) is 3.72. The van der Waals surface area contributed by atoms with E-state index in [9.17, 15) is 18.0 Å². The highest BCUT2D eigenvalue weighted by Crippen LogP contribution is 2.41. The fourth-order valence-corrected chi connectivity index (χ4v) is 3.72. The number of benzene rings is 2. The van der Waals surface area contributed by atoms with E-state index >= 15 is 0 Å². The molecule has 1 heterocycles. The second-order valence-corrected chi connectivity index (χ2v) is 7.85. The minimum atomic E-state index is -4.32. The van der Waals surface area contributed by atoms with Crippen LogP contribution in [0.3, 0.4) is 0 Å². The molecule has 4 nitrogen and oxygen atoms in total. The Morgan fingerprint density at radius 3 is 2.55 bits per heavy atom. The van der Waals surface area contributed by atoms with Crippen LogP contribution in [0.5, 0.6) is 5.75 Å². The van der Waals surface area contributed by atoms with Crippen LogP contribution in [0.1, 0.15) is 43.2 Å². The van der Waals surface area contributed by atoms with E-state index < -0.39 is 11.7 Å². The number of H-pyrrole nitrogens is 1. The van der Waals surface area contributed by atoms with Gasteiger partial charge in [-0.05, 0) is 61.1 Å². The molecule has 0 saturated heterocycles. The largest absolute Gasteiger partial charge is 0.490 e. The second kappa shape index (κ2) is 8.13. The van der Waals surface area contributed by atoms with Crippen LogP contribution in [0, 0.1) is 0 Å². The maximum Gasteiger partial charge on any atom is 0.416 e. The van der Waals surface area contributed by atoms with Crippen molar-refractivity contribution in [3.8, 4) is 5.75 Å². The monoisotopic (exact) mass is 428 g/mol. The Morgan fingerprint density at radius 2 is 1.90 bits per heavy atom. The number of hydrogen-bond acceptors (Lipinski definition) is 2. The van der Waals surface area contributed by atoms with E-state index in [1.807, 2.05) is 25.1 Å². The quantitative estimate of drug-likeness (QED) is 0.446. The maximum atomic E-state index is 12.7. The van der Waals surface area contributed by atoms with Crippen LogP contribution in [0.25, 0.3) is 10.9 Å². The van der Waals surface area contributed by atoms with Gasteiger partial charge in [0, 0.05) is 22.7 Å². The van der Waals surface area contributed by atoms with E-state index in [-0.39, 0.29) is 17.9 Å². The highest BCUT2D eigenvalue weighted by Gasteiger charge is 2.34. The highest BCUT2D eigenvalue weighted by molar-refractivity contribution is 6.08. The van der Waals surface area contributed by atoms with E-state index in [0.717, 1.165) is 41.4 Å².